The van der Waals surface area contributed by atoms with Crippen LogP contribution < -0.4 is 11.1 Å². The lowest BCUT2D eigenvalue weighted by atomic mass is 10.1. The molecule has 1 aromatic carbocycles. The summed E-state index contributed by atoms with van der Waals surface area (Å²) < 4.78 is 0. The number of para-hydroxylation sites is 1. The van der Waals surface area contributed by atoms with E-state index in [4.69, 9.17) is 5.73 Å². The Labute approximate surface area is 109 Å². The molecule has 0 unspecified atom stereocenters. The van der Waals surface area contributed by atoms with Gasteiger partial charge in [0.2, 0.25) is 0 Å². The van der Waals surface area contributed by atoms with Crippen molar-refractivity contribution in [2.24, 2.45) is 0 Å². The van der Waals surface area contributed by atoms with Crippen LogP contribution in [0.15, 0.2) is 24.3 Å². The van der Waals surface area contributed by atoms with Crippen LogP contribution in [0.1, 0.15) is 32.8 Å². The smallest absolute Gasteiger partial charge is 0.317 e. The standard InChI is InChI=1S/C14H23N3O/c1-4-9-17(14(18)16-11(2)3)10-12-7-5-6-8-13(12)15/h5-8,11H,4,9-10,15H2,1-3H3,(H,16,18). The molecule has 4 nitrogen and oxygen atoms in total. The van der Waals surface area contributed by atoms with E-state index in [0.29, 0.717) is 6.54 Å². The Kier molecular flexibility index (Phi) is 5.49. The molecular formula is C14H23N3O. The van der Waals surface area contributed by atoms with Gasteiger partial charge in [0.1, 0.15) is 0 Å². The maximum Gasteiger partial charge on any atom is 0.317 e. The molecule has 3 N–H and O–H groups in total. The van der Waals surface area contributed by atoms with Gasteiger partial charge in [-0.2, -0.15) is 0 Å². The molecule has 0 saturated carbocycles. The van der Waals surface area contributed by atoms with Gasteiger partial charge in [-0.15, -0.1) is 0 Å². The molecule has 0 atom stereocenters. The van der Waals surface area contributed by atoms with E-state index in [2.05, 4.69) is 12.2 Å². The Balaban J connectivity index is 2.74. The van der Waals surface area contributed by atoms with E-state index >= 15 is 0 Å². The summed E-state index contributed by atoms with van der Waals surface area (Å²) in [5, 5.41) is 2.91. The zero-order valence-electron chi connectivity index (χ0n) is 11.4. The molecule has 0 fully saturated rings. The Morgan fingerprint density at radius 2 is 2.06 bits per heavy atom. The first-order valence-electron chi connectivity index (χ1n) is 6.43. The Bertz CT molecular complexity index is 390. The number of nitrogens with one attached hydrogen (secondary N) is 1. The van der Waals surface area contributed by atoms with E-state index in [1.165, 1.54) is 0 Å². The molecule has 1 aromatic rings. The molecule has 0 heterocycles. The summed E-state index contributed by atoms with van der Waals surface area (Å²) in [5.41, 5.74) is 7.63. The highest BCUT2D eigenvalue weighted by atomic mass is 16.2. The normalized spacial score (nSPS) is 10.4. The molecule has 0 aliphatic rings. The molecule has 0 spiro atoms. The van der Waals surface area contributed by atoms with E-state index in [-0.39, 0.29) is 12.1 Å². The highest BCUT2D eigenvalue weighted by molar-refractivity contribution is 5.74. The number of carbonyl (C=O) groups excluding carboxylic acids is 1. The SMILES string of the molecule is CCCN(Cc1ccccc1N)C(=O)NC(C)C. The lowest BCUT2D eigenvalue weighted by Crippen LogP contribution is -2.43. The summed E-state index contributed by atoms with van der Waals surface area (Å²) in [7, 11) is 0. The van der Waals surface area contributed by atoms with Gasteiger partial charge in [0.05, 0.1) is 0 Å². The number of benzene rings is 1. The number of rotatable bonds is 5. The van der Waals surface area contributed by atoms with E-state index < -0.39 is 0 Å². The summed E-state index contributed by atoms with van der Waals surface area (Å²) in [6.45, 7) is 7.26. The third-order valence-electron chi connectivity index (χ3n) is 2.61. The first-order chi connectivity index (χ1) is 8.54. The molecule has 0 aliphatic carbocycles. The number of nitrogens with two attached hydrogens (primary N) is 1. The molecule has 0 aromatic heterocycles. The lowest BCUT2D eigenvalue weighted by molar-refractivity contribution is 0.192. The first kappa shape index (κ1) is 14.4. The van der Waals surface area contributed by atoms with Crippen molar-refractivity contribution in [3.8, 4) is 0 Å². The van der Waals surface area contributed by atoms with Gasteiger partial charge in [0.15, 0.2) is 0 Å². The molecule has 0 aliphatic heterocycles. The fourth-order valence-electron chi connectivity index (χ4n) is 1.74. The van der Waals surface area contributed by atoms with Gasteiger partial charge in [-0.1, -0.05) is 25.1 Å². The average Bonchev–Trinajstić information content (AvgIpc) is 2.30. The van der Waals surface area contributed by atoms with E-state index in [9.17, 15) is 4.79 Å². The Morgan fingerprint density at radius 3 is 2.61 bits per heavy atom. The van der Waals surface area contributed by atoms with Crippen molar-refractivity contribution in [3.63, 3.8) is 0 Å². The van der Waals surface area contributed by atoms with Gasteiger partial charge in [-0.3, -0.25) is 0 Å². The number of amides is 2. The number of nitrogens with zero attached hydrogens (tertiary/aromatic N) is 1. The van der Waals surface area contributed by atoms with Crippen molar-refractivity contribution in [2.45, 2.75) is 39.8 Å². The minimum atomic E-state index is -0.0323. The number of anilines is 1. The van der Waals surface area contributed by atoms with Gasteiger partial charge >= 0.3 is 6.03 Å². The van der Waals surface area contributed by atoms with Crippen molar-refractivity contribution in [3.05, 3.63) is 29.8 Å². The third kappa shape index (κ3) is 4.28. The maximum absolute atomic E-state index is 12.0. The Hall–Kier alpha value is -1.71. The number of hydrogen-bond acceptors (Lipinski definition) is 2. The number of urea groups is 1. The van der Waals surface area contributed by atoms with Gasteiger partial charge in [0, 0.05) is 24.8 Å². The zero-order valence-corrected chi connectivity index (χ0v) is 11.4. The molecule has 18 heavy (non-hydrogen) atoms. The second kappa shape index (κ2) is 6.89. The predicted octanol–water partition coefficient (Wildman–Crippen LogP) is 2.60. The fourth-order valence-corrected chi connectivity index (χ4v) is 1.74. The summed E-state index contributed by atoms with van der Waals surface area (Å²) in [6, 6.07) is 7.77. The van der Waals surface area contributed by atoms with Crippen LogP contribution in [-0.2, 0) is 6.54 Å². The number of hydrogen-bond donors (Lipinski definition) is 2. The van der Waals surface area contributed by atoms with Crippen molar-refractivity contribution >= 4 is 11.7 Å². The monoisotopic (exact) mass is 249 g/mol. The van der Waals surface area contributed by atoms with E-state index in [1.54, 1.807) is 4.90 Å². The maximum atomic E-state index is 12.0. The van der Waals surface area contributed by atoms with Gasteiger partial charge in [-0.25, -0.2) is 4.79 Å². The van der Waals surface area contributed by atoms with Crippen LogP contribution in [0, 0.1) is 0 Å². The molecule has 0 saturated heterocycles. The second-order valence-corrected chi connectivity index (χ2v) is 4.72. The number of carbonyl (C=O) groups is 1. The fraction of sp³-hybridized carbons (Fsp3) is 0.500. The molecule has 4 heteroatoms. The largest absolute Gasteiger partial charge is 0.398 e. The summed E-state index contributed by atoms with van der Waals surface area (Å²) in [4.78, 5) is 13.8. The van der Waals surface area contributed by atoms with Crippen LogP contribution in [0.25, 0.3) is 0 Å². The zero-order chi connectivity index (χ0) is 13.5. The number of nitrogen functional groups attached to an aromatic ring is 1. The van der Waals surface area contributed by atoms with Crippen LogP contribution >= 0.6 is 0 Å². The molecular weight excluding hydrogens is 226 g/mol. The van der Waals surface area contributed by atoms with Crippen LogP contribution in [0.2, 0.25) is 0 Å². The van der Waals surface area contributed by atoms with Crippen molar-refractivity contribution in [1.82, 2.24) is 10.2 Å². The summed E-state index contributed by atoms with van der Waals surface area (Å²) in [5.74, 6) is 0. The Morgan fingerprint density at radius 1 is 1.39 bits per heavy atom. The molecule has 0 radical (unpaired) electrons. The summed E-state index contributed by atoms with van der Waals surface area (Å²) >= 11 is 0. The third-order valence-corrected chi connectivity index (χ3v) is 2.61. The van der Waals surface area contributed by atoms with Gasteiger partial charge < -0.3 is 16.0 Å². The molecule has 2 amide bonds. The summed E-state index contributed by atoms with van der Waals surface area (Å²) in [6.07, 6.45) is 0.929. The topological polar surface area (TPSA) is 58.4 Å². The average molecular weight is 249 g/mol. The lowest BCUT2D eigenvalue weighted by Gasteiger charge is -2.24. The second-order valence-electron chi connectivity index (χ2n) is 4.72. The highest BCUT2D eigenvalue weighted by Crippen LogP contribution is 2.13. The predicted molar refractivity (Wildman–Crippen MR) is 75.2 cm³/mol. The molecule has 1 rings (SSSR count). The van der Waals surface area contributed by atoms with E-state index in [0.717, 1.165) is 24.2 Å². The van der Waals surface area contributed by atoms with Crippen molar-refractivity contribution in [2.75, 3.05) is 12.3 Å². The first-order valence-corrected chi connectivity index (χ1v) is 6.43. The minimum Gasteiger partial charge on any atom is -0.398 e. The van der Waals surface area contributed by atoms with Crippen LogP contribution in [0.3, 0.4) is 0 Å². The van der Waals surface area contributed by atoms with E-state index in [1.807, 2.05) is 38.1 Å². The highest BCUT2D eigenvalue weighted by Gasteiger charge is 2.14. The van der Waals surface area contributed by atoms with Crippen LogP contribution in [0.4, 0.5) is 10.5 Å². The van der Waals surface area contributed by atoms with Crippen LogP contribution in [0.5, 0.6) is 0 Å². The van der Waals surface area contributed by atoms with Gasteiger partial charge in [-0.05, 0) is 31.9 Å². The van der Waals surface area contributed by atoms with Gasteiger partial charge in [0.25, 0.3) is 0 Å². The van der Waals surface area contributed by atoms with Crippen molar-refractivity contribution in [1.29, 1.82) is 0 Å². The van der Waals surface area contributed by atoms with Crippen molar-refractivity contribution < 1.29 is 4.79 Å². The molecule has 0 bridgehead atoms. The molecule has 100 valence electrons. The quantitative estimate of drug-likeness (QED) is 0.788. The minimum absolute atomic E-state index is 0.0323. The van der Waals surface area contributed by atoms with Crippen LogP contribution in [-0.4, -0.2) is 23.5 Å².